The van der Waals surface area contributed by atoms with E-state index >= 15 is 0 Å². The summed E-state index contributed by atoms with van der Waals surface area (Å²) in [5, 5.41) is 3.09. The molecule has 0 spiro atoms. The fraction of sp³-hybridized carbons (Fsp3) is 0.929. The van der Waals surface area contributed by atoms with Gasteiger partial charge in [0.2, 0.25) is 0 Å². The SMILES string of the molecule is COCCOCCOCCOCC(NC(C)C)C(=O)OC. The molecule has 0 bridgehead atoms. The van der Waals surface area contributed by atoms with Gasteiger partial charge in [-0.15, -0.1) is 0 Å². The van der Waals surface area contributed by atoms with Gasteiger partial charge in [0, 0.05) is 13.2 Å². The summed E-state index contributed by atoms with van der Waals surface area (Å²) < 4.78 is 25.6. The molecule has 1 unspecified atom stereocenters. The van der Waals surface area contributed by atoms with Crippen molar-refractivity contribution in [1.29, 1.82) is 0 Å². The van der Waals surface area contributed by atoms with E-state index in [0.29, 0.717) is 39.6 Å². The highest BCUT2D eigenvalue weighted by Crippen LogP contribution is 1.93. The molecule has 7 heteroatoms. The van der Waals surface area contributed by atoms with Gasteiger partial charge < -0.3 is 29.0 Å². The van der Waals surface area contributed by atoms with Crippen molar-refractivity contribution in [2.24, 2.45) is 0 Å². The molecule has 0 aliphatic heterocycles. The molecule has 1 atom stereocenters. The summed E-state index contributed by atoms with van der Waals surface area (Å²) in [5.74, 6) is -0.323. The van der Waals surface area contributed by atoms with Crippen LogP contribution < -0.4 is 5.32 Å². The van der Waals surface area contributed by atoms with E-state index in [1.165, 1.54) is 7.11 Å². The minimum atomic E-state index is -0.452. The van der Waals surface area contributed by atoms with E-state index in [1.54, 1.807) is 7.11 Å². The molecule has 0 radical (unpaired) electrons. The molecule has 0 aromatic carbocycles. The topological polar surface area (TPSA) is 75.3 Å². The molecular formula is C14H29NO6. The lowest BCUT2D eigenvalue weighted by Gasteiger charge is -2.19. The van der Waals surface area contributed by atoms with Crippen LogP contribution in [0.4, 0.5) is 0 Å². The Bertz CT molecular complexity index is 250. The van der Waals surface area contributed by atoms with Crippen LogP contribution in [0.1, 0.15) is 13.8 Å². The maximum atomic E-state index is 11.5. The zero-order valence-corrected chi connectivity index (χ0v) is 13.6. The Kier molecular flexibility index (Phi) is 13.7. The van der Waals surface area contributed by atoms with Gasteiger partial charge in [0.25, 0.3) is 0 Å². The molecule has 0 fully saturated rings. The normalized spacial score (nSPS) is 12.6. The van der Waals surface area contributed by atoms with Gasteiger partial charge in [-0.1, -0.05) is 13.8 Å². The van der Waals surface area contributed by atoms with E-state index < -0.39 is 6.04 Å². The summed E-state index contributed by atoms with van der Waals surface area (Å²) in [6.45, 7) is 7.26. The minimum absolute atomic E-state index is 0.179. The summed E-state index contributed by atoms with van der Waals surface area (Å²) >= 11 is 0. The smallest absolute Gasteiger partial charge is 0.325 e. The molecule has 0 aromatic heterocycles. The number of hydrogen-bond acceptors (Lipinski definition) is 7. The zero-order chi connectivity index (χ0) is 15.9. The third kappa shape index (κ3) is 12.7. The van der Waals surface area contributed by atoms with Crippen LogP contribution in [0.15, 0.2) is 0 Å². The summed E-state index contributed by atoms with van der Waals surface area (Å²) in [6.07, 6.45) is 0. The van der Waals surface area contributed by atoms with Crippen molar-refractivity contribution < 1.29 is 28.5 Å². The van der Waals surface area contributed by atoms with Gasteiger partial charge in [0.15, 0.2) is 0 Å². The first-order valence-corrected chi connectivity index (χ1v) is 7.17. The molecule has 126 valence electrons. The number of ether oxygens (including phenoxy) is 5. The summed E-state index contributed by atoms with van der Waals surface area (Å²) in [7, 11) is 3.00. The third-order valence-corrected chi connectivity index (χ3v) is 2.48. The van der Waals surface area contributed by atoms with Crippen LogP contribution in [0.2, 0.25) is 0 Å². The van der Waals surface area contributed by atoms with Crippen molar-refractivity contribution in [2.45, 2.75) is 25.9 Å². The Morgan fingerprint density at radius 2 is 1.43 bits per heavy atom. The van der Waals surface area contributed by atoms with Crippen LogP contribution in [0.5, 0.6) is 0 Å². The van der Waals surface area contributed by atoms with Crippen molar-refractivity contribution in [3.05, 3.63) is 0 Å². The maximum absolute atomic E-state index is 11.5. The first kappa shape index (κ1) is 20.3. The second-order valence-electron chi connectivity index (χ2n) is 4.69. The fourth-order valence-corrected chi connectivity index (χ4v) is 1.51. The van der Waals surface area contributed by atoms with E-state index in [-0.39, 0.29) is 18.6 Å². The van der Waals surface area contributed by atoms with Gasteiger partial charge in [-0.05, 0) is 0 Å². The van der Waals surface area contributed by atoms with Gasteiger partial charge in [-0.2, -0.15) is 0 Å². The minimum Gasteiger partial charge on any atom is -0.468 e. The predicted molar refractivity (Wildman–Crippen MR) is 78.4 cm³/mol. The zero-order valence-electron chi connectivity index (χ0n) is 13.6. The highest BCUT2D eigenvalue weighted by atomic mass is 16.6. The fourth-order valence-electron chi connectivity index (χ4n) is 1.51. The summed E-state index contributed by atoms with van der Waals surface area (Å²) in [4.78, 5) is 11.5. The Hall–Kier alpha value is -0.730. The van der Waals surface area contributed by atoms with Crippen LogP contribution in [-0.2, 0) is 28.5 Å². The van der Waals surface area contributed by atoms with Gasteiger partial charge >= 0.3 is 5.97 Å². The summed E-state index contributed by atoms with van der Waals surface area (Å²) in [6, 6.07) is -0.273. The lowest BCUT2D eigenvalue weighted by molar-refractivity contribution is -0.145. The molecule has 0 aliphatic carbocycles. The number of hydrogen-bond donors (Lipinski definition) is 1. The van der Waals surface area contributed by atoms with Crippen molar-refractivity contribution in [3.63, 3.8) is 0 Å². The van der Waals surface area contributed by atoms with Gasteiger partial charge in [0.05, 0.1) is 53.4 Å². The molecule has 0 saturated heterocycles. The number of rotatable bonds is 14. The van der Waals surface area contributed by atoms with E-state index in [9.17, 15) is 4.79 Å². The van der Waals surface area contributed by atoms with E-state index in [4.69, 9.17) is 23.7 Å². The molecular weight excluding hydrogens is 278 g/mol. The van der Waals surface area contributed by atoms with Crippen molar-refractivity contribution in [2.75, 3.05) is 60.5 Å². The van der Waals surface area contributed by atoms with Gasteiger partial charge in [-0.25, -0.2) is 0 Å². The second kappa shape index (κ2) is 14.2. The highest BCUT2D eigenvalue weighted by Gasteiger charge is 2.19. The molecule has 0 aliphatic rings. The monoisotopic (exact) mass is 307 g/mol. The van der Waals surface area contributed by atoms with E-state index in [1.807, 2.05) is 13.8 Å². The van der Waals surface area contributed by atoms with Crippen molar-refractivity contribution in [1.82, 2.24) is 5.32 Å². The standard InChI is InChI=1S/C14H29NO6/c1-12(2)15-13(14(16)18-4)11-21-10-9-20-8-7-19-6-5-17-3/h12-13,15H,5-11H2,1-4H3. The Labute approximate surface area is 127 Å². The first-order valence-electron chi connectivity index (χ1n) is 7.17. The molecule has 0 amide bonds. The van der Waals surface area contributed by atoms with Crippen LogP contribution in [0.25, 0.3) is 0 Å². The van der Waals surface area contributed by atoms with Crippen molar-refractivity contribution in [3.8, 4) is 0 Å². The Morgan fingerprint density at radius 1 is 0.905 bits per heavy atom. The van der Waals surface area contributed by atoms with Crippen molar-refractivity contribution >= 4 is 5.97 Å². The molecule has 21 heavy (non-hydrogen) atoms. The number of carbonyl (C=O) groups is 1. The van der Waals surface area contributed by atoms with Gasteiger partial charge in [-0.3, -0.25) is 4.79 Å². The number of nitrogens with one attached hydrogen (secondary N) is 1. The Morgan fingerprint density at radius 3 is 1.90 bits per heavy atom. The maximum Gasteiger partial charge on any atom is 0.325 e. The highest BCUT2D eigenvalue weighted by molar-refractivity contribution is 5.75. The first-order chi connectivity index (χ1) is 10.1. The average Bonchev–Trinajstić information content (AvgIpc) is 2.46. The van der Waals surface area contributed by atoms with Gasteiger partial charge in [0.1, 0.15) is 6.04 Å². The lowest BCUT2D eigenvalue weighted by atomic mass is 10.2. The number of methoxy groups -OCH3 is 2. The number of carbonyl (C=O) groups excluding carboxylic acids is 1. The lowest BCUT2D eigenvalue weighted by Crippen LogP contribution is -2.45. The number of esters is 1. The molecule has 7 nitrogen and oxygen atoms in total. The van der Waals surface area contributed by atoms with Crippen LogP contribution in [0, 0.1) is 0 Å². The quantitative estimate of drug-likeness (QED) is 0.363. The van der Waals surface area contributed by atoms with Crippen LogP contribution in [0.3, 0.4) is 0 Å². The predicted octanol–water partition coefficient (Wildman–Crippen LogP) is 0.222. The average molecular weight is 307 g/mol. The summed E-state index contributed by atoms with van der Waals surface area (Å²) in [5.41, 5.74) is 0. The molecule has 0 rings (SSSR count). The second-order valence-corrected chi connectivity index (χ2v) is 4.69. The van der Waals surface area contributed by atoms with E-state index in [2.05, 4.69) is 5.32 Å². The molecule has 0 aromatic rings. The molecule has 0 saturated carbocycles. The molecule has 1 N–H and O–H groups in total. The largest absolute Gasteiger partial charge is 0.468 e. The third-order valence-electron chi connectivity index (χ3n) is 2.48. The van der Waals surface area contributed by atoms with E-state index in [0.717, 1.165) is 0 Å². The Balaban J connectivity index is 3.51. The van der Waals surface area contributed by atoms with Crippen LogP contribution in [-0.4, -0.2) is 78.5 Å². The molecule has 0 heterocycles. The van der Waals surface area contributed by atoms with Crippen LogP contribution >= 0.6 is 0 Å².